The molecule has 2 amide bonds. The van der Waals surface area contributed by atoms with E-state index in [0.29, 0.717) is 12.1 Å². The van der Waals surface area contributed by atoms with Crippen molar-refractivity contribution in [1.82, 2.24) is 0 Å². The van der Waals surface area contributed by atoms with Crippen molar-refractivity contribution in [3.05, 3.63) is 83.1 Å². The van der Waals surface area contributed by atoms with E-state index in [4.69, 9.17) is 4.99 Å². The number of rotatable bonds is 3. The molecule has 0 saturated carbocycles. The zero-order chi connectivity index (χ0) is 19.8. The Kier molecular flexibility index (Phi) is 4.81. The highest BCUT2D eigenvalue weighted by atomic mass is 32.2. The van der Waals surface area contributed by atoms with Gasteiger partial charge in [0.05, 0.1) is 22.3 Å². The first kappa shape index (κ1) is 18.3. The second kappa shape index (κ2) is 7.61. The molecule has 2 saturated heterocycles. The first-order chi connectivity index (χ1) is 14.2. The third kappa shape index (κ3) is 3.32. The van der Waals surface area contributed by atoms with Crippen LogP contribution in [0.1, 0.15) is 17.2 Å². The van der Waals surface area contributed by atoms with Crippen LogP contribution >= 0.6 is 23.1 Å². The van der Waals surface area contributed by atoms with E-state index in [1.165, 1.54) is 16.7 Å². The van der Waals surface area contributed by atoms with Crippen LogP contribution in [0.15, 0.2) is 83.2 Å². The van der Waals surface area contributed by atoms with Gasteiger partial charge in [0.15, 0.2) is 0 Å². The van der Waals surface area contributed by atoms with Crippen LogP contribution in [0.2, 0.25) is 0 Å². The Hall–Kier alpha value is -2.70. The molecule has 29 heavy (non-hydrogen) atoms. The number of hydrogen-bond donors (Lipinski definition) is 0. The van der Waals surface area contributed by atoms with Crippen molar-refractivity contribution in [1.29, 1.82) is 0 Å². The van der Waals surface area contributed by atoms with Crippen LogP contribution in [0.4, 0.5) is 11.4 Å². The predicted octanol–water partition coefficient (Wildman–Crippen LogP) is 5.26. The molecule has 2 aliphatic heterocycles. The topological polar surface area (TPSA) is 49.7 Å². The summed E-state index contributed by atoms with van der Waals surface area (Å²) < 4.78 is 0. The summed E-state index contributed by atoms with van der Waals surface area (Å²) >= 11 is 3.09. The minimum absolute atomic E-state index is 0.0334. The van der Waals surface area contributed by atoms with Gasteiger partial charge in [-0.15, -0.1) is 11.3 Å². The number of thioether (sulfide) groups is 1. The van der Waals surface area contributed by atoms with Gasteiger partial charge in [0.25, 0.3) is 0 Å². The lowest BCUT2D eigenvalue weighted by Crippen LogP contribution is -2.33. The number of carbonyl (C=O) groups is 2. The molecular formula is C23H18N2O2S2. The van der Waals surface area contributed by atoms with Crippen LogP contribution in [0.3, 0.4) is 0 Å². The van der Waals surface area contributed by atoms with E-state index in [-0.39, 0.29) is 23.7 Å². The van der Waals surface area contributed by atoms with Crippen LogP contribution < -0.4 is 4.90 Å². The number of hydrogen-bond acceptors (Lipinski definition) is 5. The van der Waals surface area contributed by atoms with Crippen LogP contribution in [0.5, 0.6) is 0 Å². The van der Waals surface area contributed by atoms with Crippen molar-refractivity contribution in [2.45, 2.75) is 17.6 Å². The fourth-order valence-corrected chi connectivity index (χ4v) is 6.28. The number of para-hydroxylation sites is 2. The fraction of sp³-hybridized carbons (Fsp3) is 0.174. The van der Waals surface area contributed by atoms with Gasteiger partial charge in [-0.25, -0.2) is 9.89 Å². The maximum absolute atomic E-state index is 13.4. The van der Waals surface area contributed by atoms with Gasteiger partial charge >= 0.3 is 0 Å². The Morgan fingerprint density at radius 2 is 1.59 bits per heavy atom. The molecule has 2 aromatic carbocycles. The summed E-state index contributed by atoms with van der Waals surface area (Å²) in [5, 5.41) is 2.49. The number of aliphatic imine (C=N–C) groups is 1. The summed E-state index contributed by atoms with van der Waals surface area (Å²) in [6, 6.07) is 23.1. The Bertz CT molecular complexity index is 1060. The Morgan fingerprint density at radius 1 is 0.862 bits per heavy atom. The highest BCUT2D eigenvalue weighted by Crippen LogP contribution is 2.49. The van der Waals surface area contributed by atoms with Crippen molar-refractivity contribution in [3.8, 4) is 0 Å². The summed E-state index contributed by atoms with van der Waals surface area (Å²) in [6.07, 6.45) is 0.670. The van der Waals surface area contributed by atoms with Gasteiger partial charge in [-0.2, -0.15) is 0 Å². The van der Waals surface area contributed by atoms with E-state index in [1.54, 1.807) is 11.3 Å². The van der Waals surface area contributed by atoms with E-state index >= 15 is 0 Å². The van der Waals surface area contributed by atoms with Crippen molar-refractivity contribution >= 4 is 51.3 Å². The van der Waals surface area contributed by atoms with Crippen molar-refractivity contribution < 1.29 is 9.59 Å². The Balaban J connectivity index is 1.55. The molecule has 3 atom stereocenters. The highest BCUT2D eigenvalue weighted by Gasteiger charge is 2.55. The molecule has 1 aromatic heterocycles. The second-order valence-corrected chi connectivity index (χ2v) is 9.27. The summed E-state index contributed by atoms with van der Waals surface area (Å²) in [5.74, 6) is -0.635. The summed E-state index contributed by atoms with van der Waals surface area (Å²) in [6.45, 7) is 0. The summed E-state index contributed by atoms with van der Waals surface area (Å²) in [5.41, 5.74) is 1.51. The number of imide groups is 1. The van der Waals surface area contributed by atoms with Crippen LogP contribution in [0, 0.1) is 5.92 Å². The lowest BCUT2D eigenvalue weighted by atomic mass is 9.86. The van der Waals surface area contributed by atoms with Gasteiger partial charge in [-0.05, 0) is 35.7 Å². The third-order valence-corrected chi connectivity index (χ3v) is 7.60. The first-order valence-electron chi connectivity index (χ1n) is 9.48. The SMILES string of the molecule is O=C1[C@H]2[C@H](SC(=Nc3ccccc3)C[C@H]2c2cccs2)C(=O)N1c1ccccc1. The zero-order valence-electron chi connectivity index (χ0n) is 15.5. The van der Waals surface area contributed by atoms with E-state index in [2.05, 4.69) is 6.07 Å². The van der Waals surface area contributed by atoms with Gasteiger partial charge in [0.1, 0.15) is 5.25 Å². The molecule has 0 aliphatic carbocycles. The first-order valence-corrected chi connectivity index (χ1v) is 11.2. The second-order valence-electron chi connectivity index (χ2n) is 7.08. The van der Waals surface area contributed by atoms with E-state index < -0.39 is 5.25 Å². The lowest BCUT2D eigenvalue weighted by molar-refractivity contribution is -0.122. The average molecular weight is 419 g/mol. The van der Waals surface area contributed by atoms with Gasteiger partial charge in [0.2, 0.25) is 11.8 Å². The Morgan fingerprint density at radius 3 is 2.28 bits per heavy atom. The number of nitrogens with zero attached hydrogens (tertiary/aromatic N) is 2. The molecule has 6 heteroatoms. The van der Waals surface area contributed by atoms with Crippen molar-refractivity contribution in [2.75, 3.05) is 4.90 Å². The zero-order valence-corrected chi connectivity index (χ0v) is 17.1. The molecule has 4 nitrogen and oxygen atoms in total. The summed E-state index contributed by atoms with van der Waals surface area (Å²) in [4.78, 5) is 34.0. The van der Waals surface area contributed by atoms with Crippen LogP contribution in [-0.4, -0.2) is 22.1 Å². The minimum atomic E-state index is -0.439. The molecular weight excluding hydrogens is 400 g/mol. The van der Waals surface area contributed by atoms with Gasteiger partial charge in [0, 0.05) is 17.2 Å². The van der Waals surface area contributed by atoms with E-state index in [0.717, 1.165) is 15.6 Å². The van der Waals surface area contributed by atoms with Crippen molar-refractivity contribution in [2.24, 2.45) is 10.9 Å². The smallest absolute Gasteiger partial charge is 0.248 e. The predicted molar refractivity (Wildman–Crippen MR) is 119 cm³/mol. The maximum atomic E-state index is 13.4. The minimum Gasteiger partial charge on any atom is -0.274 e. The molecule has 0 unspecified atom stereocenters. The van der Waals surface area contributed by atoms with Gasteiger partial charge in [-0.1, -0.05) is 54.2 Å². The number of benzene rings is 2. The van der Waals surface area contributed by atoms with Gasteiger partial charge < -0.3 is 0 Å². The normalized spacial score (nSPS) is 25.4. The Labute approximate surface area is 177 Å². The van der Waals surface area contributed by atoms with Crippen LogP contribution in [0.25, 0.3) is 0 Å². The molecule has 0 bridgehead atoms. The van der Waals surface area contributed by atoms with Crippen LogP contribution in [-0.2, 0) is 9.59 Å². The largest absolute Gasteiger partial charge is 0.274 e. The molecule has 0 radical (unpaired) electrons. The molecule has 5 rings (SSSR count). The fourth-order valence-electron chi connectivity index (χ4n) is 4.01. The third-order valence-electron chi connectivity index (χ3n) is 5.32. The molecule has 144 valence electrons. The average Bonchev–Trinajstić information content (AvgIpc) is 3.37. The standard InChI is InChI=1S/C23H18N2O2S2/c26-22-20-17(18-12-7-13-28-18)14-19(24-15-8-3-1-4-9-15)29-21(20)23(27)25(22)16-10-5-2-6-11-16/h1-13,17,20-21H,14H2/t17-,20+,21-/m0/s1. The van der Waals surface area contributed by atoms with E-state index in [9.17, 15) is 9.59 Å². The van der Waals surface area contributed by atoms with Crippen molar-refractivity contribution in [3.63, 3.8) is 0 Å². The number of anilines is 1. The molecule has 2 aliphatic rings. The van der Waals surface area contributed by atoms with E-state index in [1.807, 2.05) is 72.1 Å². The molecule has 0 spiro atoms. The highest BCUT2D eigenvalue weighted by molar-refractivity contribution is 8.15. The monoisotopic (exact) mass is 418 g/mol. The maximum Gasteiger partial charge on any atom is 0.248 e. The summed E-state index contributed by atoms with van der Waals surface area (Å²) in [7, 11) is 0. The number of carbonyl (C=O) groups excluding carboxylic acids is 2. The lowest BCUT2D eigenvalue weighted by Gasteiger charge is -2.30. The molecule has 3 aromatic rings. The molecule has 3 heterocycles. The number of amides is 2. The molecule has 2 fully saturated rings. The molecule has 0 N–H and O–H groups in total. The number of thiophene rings is 1. The number of fused-ring (bicyclic) bond motifs is 1. The van der Waals surface area contributed by atoms with Gasteiger partial charge in [-0.3, -0.25) is 9.59 Å². The quantitative estimate of drug-likeness (QED) is 0.546.